The summed E-state index contributed by atoms with van der Waals surface area (Å²) in [6.45, 7) is 2.55. The highest BCUT2D eigenvalue weighted by atomic mass is 32.2. The average Bonchev–Trinajstić information content (AvgIpc) is 3.42. The van der Waals surface area contributed by atoms with Gasteiger partial charge in [-0.2, -0.15) is 4.31 Å². The van der Waals surface area contributed by atoms with Crippen molar-refractivity contribution in [3.63, 3.8) is 0 Å². The van der Waals surface area contributed by atoms with Crippen molar-refractivity contribution in [1.29, 1.82) is 0 Å². The van der Waals surface area contributed by atoms with Crippen molar-refractivity contribution in [3.8, 4) is 0 Å². The number of nitrogens with zero attached hydrogens (tertiary/aromatic N) is 2. The summed E-state index contributed by atoms with van der Waals surface area (Å²) in [6, 6.07) is 5.40. The van der Waals surface area contributed by atoms with Crippen LogP contribution in [0, 0.1) is 0 Å². The molecule has 0 bridgehead atoms. The molecule has 10 heteroatoms. The van der Waals surface area contributed by atoms with Crippen LogP contribution in [0.3, 0.4) is 0 Å². The van der Waals surface area contributed by atoms with E-state index in [1.165, 1.54) is 35.5 Å². The molecule has 1 aromatic carbocycles. The largest absolute Gasteiger partial charge is 0.480 e. The Hall–Kier alpha value is -2.46. The maximum atomic E-state index is 12.7. The van der Waals surface area contributed by atoms with Crippen LogP contribution in [0.4, 0.5) is 0 Å². The summed E-state index contributed by atoms with van der Waals surface area (Å²) in [5.74, 6) is -1.70. The van der Waals surface area contributed by atoms with E-state index in [9.17, 15) is 22.8 Å². The van der Waals surface area contributed by atoms with Crippen LogP contribution < -0.4 is 5.32 Å². The summed E-state index contributed by atoms with van der Waals surface area (Å²) in [5, 5.41) is 11.6. The number of hydrogen-bond acceptors (Lipinski definition) is 5. The zero-order valence-electron chi connectivity index (χ0n) is 14.8. The standard InChI is InChI=1S/C17H21N3O6S/c1-12(21)19-8-10-20(11-9-19)27(25,26)14-4-2-13(3-5-14)15(22)18-17(6-7-17)16(23)24/h2-5H,6-11H2,1H3,(H,18,22)(H,23,24). The van der Waals surface area contributed by atoms with E-state index in [-0.39, 0.29) is 29.5 Å². The lowest BCUT2D eigenvalue weighted by Crippen LogP contribution is -2.49. The van der Waals surface area contributed by atoms with Crippen LogP contribution in [0.5, 0.6) is 0 Å². The molecule has 3 rings (SSSR count). The third kappa shape index (κ3) is 3.81. The first-order chi connectivity index (χ1) is 12.7. The second-order valence-electron chi connectivity index (χ2n) is 6.78. The third-order valence-electron chi connectivity index (χ3n) is 4.95. The minimum absolute atomic E-state index is 0.0506. The molecule has 2 amide bonds. The van der Waals surface area contributed by atoms with Gasteiger partial charge in [-0.3, -0.25) is 9.59 Å². The highest BCUT2D eigenvalue weighted by molar-refractivity contribution is 7.89. The van der Waals surface area contributed by atoms with Crippen molar-refractivity contribution in [2.24, 2.45) is 0 Å². The highest BCUT2D eigenvalue weighted by Gasteiger charge is 2.51. The molecule has 0 spiro atoms. The van der Waals surface area contributed by atoms with Crippen LogP contribution >= 0.6 is 0 Å². The maximum Gasteiger partial charge on any atom is 0.329 e. The third-order valence-corrected chi connectivity index (χ3v) is 6.86. The van der Waals surface area contributed by atoms with Crippen LogP contribution in [-0.2, 0) is 19.6 Å². The first-order valence-corrected chi connectivity index (χ1v) is 10.0. The van der Waals surface area contributed by atoms with E-state index in [0.717, 1.165) is 0 Å². The van der Waals surface area contributed by atoms with E-state index >= 15 is 0 Å². The van der Waals surface area contributed by atoms with Crippen molar-refractivity contribution in [3.05, 3.63) is 29.8 Å². The Morgan fingerprint density at radius 3 is 2.04 bits per heavy atom. The predicted octanol–water partition coefficient (Wildman–Crippen LogP) is -0.114. The number of amides is 2. The van der Waals surface area contributed by atoms with E-state index in [4.69, 9.17) is 5.11 Å². The summed E-state index contributed by atoms with van der Waals surface area (Å²) in [7, 11) is -3.72. The van der Waals surface area contributed by atoms with E-state index in [0.29, 0.717) is 25.9 Å². The van der Waals surface area contributed by atoms with Crippen LogP contribution in [-0.4, -0.2) is 72.2 Å². The number of aliphatic carboxylic acids is 1. The molecular formula is C17H21N3O6S. The number of benzene rings is 1. The van der Waals surface area contributed by atoms with Crippen LogP contribution in [0.15, 0.2) is 29.2 Å². The SMILES string of the molecule is CC(=O)N1CCN(S(=O)(=O)c2ccc(C(=O)NC3(C(=O)O)CC3)cc2)CC1. The molecule has 0 atom stereocenters. The minimum atomic E-state index is -3.72. The number of carboxylic acid groups (broad SMARTS) is 1. The fourth-order valence-corrected chi connectivity index (χ4v) is 4.40. The van der Waals surface area contributed by atoms with Gasteiger partial charge in [0.15, 0.2) is 0 Å². The quantitative estimate of drug-likeness (QED) is 0.717. The summed E-state index contributed by atoms with van der Waals surface area (Å²) in [5.41, 5.74) is -0.999. The van der Waals surface area contributed by atoms with E-state index in [1.807, 2.05) is 0 Å². The number of piperazine rings is 1. The summed E-state index contributed by atoms with van der Waals surface area (Å²) in [6.07, 6.45) is 0.763. The van der Waals surface area contributed by atoms with Gasteiger partial charge in [-0.05, 0) is 37.1 Å². The molecule has 27 heavy (non-hydrogen) atoms. The molecule has 2 fully saturated rings. The monoisotopic (exact) mass is 395 g/mol. The van der Waals surface area contributed by atoms with E-state index in [1.54, 1.807) is 4.90 Å². The molecule has 2 aliphatic rings. The van der Waals surface area contributed by atoms with E-state index < -0.39 is 27.4 Å². The van der Waals surface area contributed by atoms with Crippen molar-refractivity contribution >= 4 is 27.8 Å². The van der Waals surface area contributed by atoms with Gasteiger partial charge in [0.1, 0.15) is 5.54 Å². The van der Waals surface area contributed by atoms with Gasteiger partial charge in [0, 0.05) is 38.7 Å². The van der Waals surface area contributed by atoms with E-state index in [2.05, 4.69) is 5.32 Å². The van der Waals surface area contributed by atoms with Gasteiger partial charge in [0.25, 0.3) is 5.91 Å². The molecular weight excluding hydrogens is 374 g/mol. The zero-order valence-corrected chi connectivity index (χ0v) is 15.7. The van der Waals surface area contributed by atoms with Crippen molar-refractivity contribution < 1.29 is 27.9 Å². The summed E-state index contributed by atoms with van der Waals surface area (Å²) in [4.78, 5) is 36.3. The Labute approximate surface area is 157 Å². The lowest BCUT2D eigenvalue weighted by atomic mass is 10.2. The lowest BCUT2D eigenvalue weighted by molar-refractivity contribution is -0.140. The smallest absolute Gasteiger partial charge is 0.329 e. The maximum absolute atomic E-state index is 12.7. The Bertz CT molecular complexity index is 868. The molecule has 0 aromatic heterocycles. The number of rotatable bonds is 5. The average molecular weight is 395 g/mol. The normalized spacial score (nSPS) is 19.4. The predicted molar refractivity (Wildman–Crippen MR) is 94.5 cm³/mol. The van der Waals surface area contributed by atoms with Crippen LogP contribution in [0.25, 0.3) is 0 Å². The molecule has 146 valence electrons. The Balaban J connectivity index is 1.68. The van der Waals surface area contributed by atoms with Crippen molar-refractivity contribution in [2.45, 2.75) is 30.2 Å². The number of nitrogens with one attached hydrogen (secondary N) is 1. The number of hydrogen-bond donors (Lipinski definition) is 2. The Kier molecular flexibility index (Phi) is 4.96. The fourth-order valence-electron chi connectivity index (χ4n) is 2.98. The Morgan fingerprint density at radius 2 is 1.59 bits per heavy atom. The van der Waals surface area contributed by atoms with Gasteiger partial charge in [-0.15, -0.1) is 0 Å². The molecule has 9 nitrogen and oxygen atoms in total. The lowest BCUT2D eigenvalue weighted by Gasteiger charge is -2.33. The first-order valence-electron chi connectivity index (χ1n) is 8.57. The number of carbonyl (C=O) groups excluding carboxylic acids is 2. The second kappa shape index (κ2) is 6.93. The molecule has 2 N–H and O–H groups in total. The van der Waals surface area contributed by atoms with Gasteiger partial charge in [-0.1, -0.05) is 0 Å². The molecule has 1 heterocycles. The van der Waals surface area contributed by atoms with Crippen LogP contribution in [0.1, 0.15) is 30.1 Å². The van der Waals surface area contributed by atoms with Crippen molar-refractivity contribution in [1.82, 2.24) is 14.5 Å². The molecule has 1 aromatic rings. The van der Waals surface area contributed by atoms with Gasteiger partial charge < -0.3 is 15.3 Å². The van der Waals surface area contributed by atoms with Gasteiger partial charge in [0.05, 0.1) is 4.90 Å². The topological polar surface area (TPSA) is 124 Å². The number of carboxylic acids is 1. The molecule has 1 saturated carbocycles. The highest BCUT2D eigenvalue weighted by Crippen LogP contribution is 2.35. The molecule has 0 unspecified atom stereocenters. The van der Waals surface area contributed by atoms with Crippen molar-refractivity contribution in [2.75, 3.05) is 26.2 Å². The Morgan fingerprint density at radius 1 is 1.04 bits per heavy atom. The molecule has 1 saturated heterocycles. The molecule has 1 aliphatic heterocycles. The fraction of sp³-hybridized carbons (Fsp3) is 0.471. The number of sulfonamides is 1. The first kappa shape index (κ1) is 19.3. The summed E-state index contributed by atoms with van der Waals surface area (Å²) < 4.78 is 26.7. The summed E-state index contributed by atoms with van der Waals surface area (Å²) >= 11 is 0. The number of carbonyl (C=O) groups is 3. The van der Waals surface area contributed by atoms with Gasteiger partial charge in [0.2, 0.25) is 15.9 Å². The second-order valence-corrected chi connectivity index (χ2v) is 8.71. The zero-order chi connectivity index (χ0) is 19.8. The van der Waals surface area contributed by atoms with Crippen LogP contribution in [0.2, 0.25) is 0 Å². The van der Waals surface area contributed by atoms with Gasteiger partial charge >= 0.3 is 5.97 Å². The molecule has 0 radical (unpaired) electrons. The minimum Gasteiger partial charge on any atom is -0.480 e. The van der Waals surface area contributed by atoms with Gasteiger partial charge in [-0.25, -0.2) is 13.2 Å². The molecule has 1 aliphatic carbocycles.